The van der Waals surface area contributed by atoms with Crippen LogP contribution in [-0.4, -0.2) is 33.6 Å². The van der Waals surface area contributed by atoms with Crippen LogP contribution in [0.2, 0.25) is 0 Å². The zero-order valence-electron chi connectivity index (χ0n) is 15.0. The van der Waals surface area contributed by atoms with Gasteiger partial charge in [0.15, 0.2) is 5.82 Å². The molecule has 0 saturated heterocycles. The minimum Gasteiger partial charge on any atom is -0.497 e. The van der Waals surface area contributed by atoms with Crippen molar-refractivity contribution in [3.8, 4) is 5.75 Å². The minimum atomic E-state index is -0.569. The lowest BCUT2D eigenvalue weighted by Gasteiger charge is -2.16. The average molecular weight is 351 g/mol. The number of aromatic amines is 1. The van der Waals surface area contributed by atoms with E-state index in [2.05, 4.69) is 25.9 Å². The van der Waals surface area contributed by atoms with Gasteiger partial charge in [-0.2, -0.15) is 5.21 Å². The molecule has 1 heterocycles. The molecule has 0 bridgehead atoms. The number of hydrogen-bond acceptors (Lipinski definition) is 5. The molecule has 2 N–H and O–H groups in total. The summed E-state index contributed by atoms with van der Waals surface area (Å²) >= 11 is 0. The van der Waals surface area contributed by atoms with E-state index in [9.17, 15) is 4.79 Å². The molecule has 0 aliphatic carbocycles. The number of methoxy groups -OCH3 is 1. The Balaban J connectivity index is 1.86. The maximum absolute atomic E-state index is 13.0. The lowest BCUT2D eigenvalue weighted by atomic mass is 9.97. The molecule has 1 amide bonds. The van der Waals surface area contributed by atoms with Gasteiger partial charge in [0, 0.05) is 5.69 Å². The molecule has 3 rings (SSSR count). The fraction of sp³-hybridized carbons (Fsp3) is 0.263. The summed E-state index contributed by atoms with van der Waals surface area (Å²) in [7, 11) is 1.61. The minimum absolute atomic E-state index is 0.178. The predicted octanol–water partition coefficient (Wildman–Crippen LogP) is 2.79. The molecule has 134 valence electrons. The number of nitrogens with zero attached hydrogens (tertiary/aromatic N) is 3. The highest BCUT2D eigenvalue weighted by atomic mass is 16.5. The third-order valence-electron chi connectivity index (χ3n) is 4.21. The average Bonchev–Trinajstić information content (AvgIpc) is 3.17. The molecule has 3 aromatic rings. The summed E-state index contributed by atoms with van der Waals surface area (Å²) in [6.45, 7) is 3.95. The van der Waals surface area contributed by atoms with Gasteiger partial charge in [0.2, 0.25) is 5.91 Å². The highest BCUT2D eigenvalue weighted by Gasteiger charge is 2.26. The molecule has 1 atom stereocenters. The summed E-state index contributed by atoms with van der Waals surface area (Å²) in [5.74, 6) is 0.351. The Kier molecular flexibility index (Phi) is 5.26. The van der Waals surface area contributed by atoms with Gasteiger partial charge in [-0.15, -0.1) is 10.2 Å². The van der Waals surface area contributed by atoms with Gasteiger partial charge in [-0.05, 0) is 55.2 Å². The van der Waals surface area contributed by atoms with Crippen molar-refractivity contribution >= 4 is 11.6 Å². The van der Waals surface area contributed by atoms with E-state index < -0.39 is 5.92 Å². The fourth-order valence-electron chi connectivity index (χ4n) is 2.74. The third-order valence-corrected chi connectivity index (χ3v) is 4.21. The van der Waals surface area contributed by atoms with E-state index in [1.54, 1.807) is 7.11 Å². The van der Waals surface area contributed by atoms with Crippen LogP contribution >= 0.6 is 0 Å². The second kappa shape index (κ2) is 7.77. The number of aromatic nitrogens is 4. The Morgan fingerprint density at radius 3 is 2.81 bits per heavy atom. The molecular weight excluding hydrogens is 330 g/mol. The van der Waals surface area contributed by atoms with Crippen LogP contribution in [0.25, 0.3) is 0 Å². The third kappa shape index (κ3) is 4.05. The SMILES string of the molecule is COc1cccc(CC(C(=O)Nc2cc(C)ccc2C)c2nn[nH]n2)c1. The maximum atomic E-state index is 13.0. The normalized spacial score (nSPS) is 11.8. The van der Waals surface area contributed by atoms with Crippen molar-refractivity contribution in [1.82, 2.24) is 20.6 Å². The number of hydrogen-bond donors (Lipinski definition) is 2. The first-order valence-corrected chi connectivity index (χ1v) is 8.31. The first-order chi connectivity index (χ1) is 12.6. The van der Waals surface area contributed by atoms with Crippen LogP contribution in [0.1, 0.15) is 28.4 Å². The molecule has 1 unspecified atom stereocenters. The van der Waals surface area contributed by atoms with Gasteiger partial charge in [-0.3, -0.25) is 4.79 Å². The van der Waals surface area contributed by atoms with Crippen LogP contribution in [0.15, 0.2) is 42.5 Å². The molecule has 2 aromatic carbocycles. The van der Waals surface area contributed by atoms with Crippen molar-refractivity contribution in [2.24, 2.45) is 0 Å². The second-order valence-electron chi connectivity index (χ2n) is 6.19. The molecule has 0 aliphatic rings. The molecular formula is C19H21N5O2. The van der Waals surface area contributed by atoms with Crippen LogP contribution in [0, 0.1) is 13.8 Å². The summed E-state index contributed by atoms with van der Waals surface area (Å²) in [4.78, 5) is 13.0. The number of carbonyl (C=O) groups excluding carboxylic acids is 1. The number of aryl methyl sites for hydroxylation is 2. The van der Waals surface area contributed by atoms with E-state index in [1.165, 1.54) is 0 Å². The molecule has 26 heavy (non-hydrogen) atoms. The van der Waals surface area contributed by atoms with Crippen LogP contribution in [0.3, 0.4) is 0 Å². The van der Waals surface area contributed by atoms with Crippen molar-refractivity contribution in [3.63, 3.8) is 0 Å². The predicted molar refractivity (Wildman–Crippen MR) is 98.2 cm³/mol. The fourth-order valence-corrected chi connectivity index (χ4v) is 2.74. The number of carbonyl (C=O) groups is 1. The number of H-pyrrole nitrogens is 1. The van der Waals surface area contributed by atoms with Crippen LogP contribution < -0.4 is 10.1 Å². The monoisotopic (exact) mass is 351 g/mol. The lowest BCUT2D eigenvalue weighted by molar-refractivity contribution is -0.117. The van der Waals surface area contributed by atoms with Crippen molar-refractivity contribution in [2.75, 3.05) is 12.4 Å². The van der Waals surface area contributed by atoms with Crippen molar-refractivity contribution < 1.29 is 9.53 Å². The van der Waals surface area contributed by atoms with Gasteiger partial charge in [0.25, 0.3) is 0 Å². The van der Waals surface area contributed by atoms with E-state index in [4.69, 9.17) is 4.74 Å². The number of nitrogens with one attached hydrogen (secondary N) is 2. The molecule has 0 saturated carbocycles. The summed E-state index contributed by atoms with van der Waals surface area (Å²) in [6, 6.07) is 13.5. The Labute approximate surface area is 151 Å². The summed E-state index contributed by atoms with van der Waals surface area (Å²) < 4.78 is 5.26. The highest BCUT2D eigenvalue weighted by Crippen LogP contribution is 2.24. The van der Waals surface area contributed by atoms with E-state index in [-0.39, 0.29) is 5.91 Å². The number of anilines is 1. The first-order valence-electron chi connectivity index (χ1n) is 8.31. The number of ether oxygens (including phenoxy) is 1. The van der Waals surface area contributed by atoms with Gasteiger partial charge < -0.3 is 10.1 Å². The van der Waals surface area contributed by atoms with Gasteiger partial charge in [-0.1, -0.05) is 29.5 Å². The largest absolute Gasteiger partial charge is 0.497 e. The molecule has 0 fully saturated rings. The van der Waals surface area contributed by atoms with E-state index in [0.717, 1.165) is 28.1 Å². The van der Waals surface area contributed by atoms with Crippen molar-refractivity contribution in [1.29, 1.82) is 0 Å². The van der Waals surface area contributed by atoms with Crippen molar-refractivity contribution in [3.05, 3.63) is 65.0 Å². The number of amides is 1. The van der Waals surface area contributed by atoms with Gasteiger partial charge in [0.1, 0.15) is 11.7 Å². The van der Waals surface area contributed by atoms with Gasteiger partial charge in [0.05, 0.1) is 7.11 Å². The zero-order valence-corrected chi connectivity index (χ0v) is 15.0. The molecule has 0 spiro atoms. The van der Waals surface area contributed by atoms with Crippen LogP contribution in [-0.2, 0) is 11.2 Å². The standard InChI is InChI=1S/C19H21N5O2/c1-12-7-8-13(2)17(9-12)20-19(25)16(18-21-23-24-22-18)11-14-5-4-6-15(10-14)26-3/h4-10,16H,11H2,1-3H3,(H,20,25)(H,21,22,23,24). The Bertz CT molecular complexity index is 893. The van der Waals surface area contributed by atoms with Crippen molar-refractivity contribution in [2.45, 2.75) is 26.2 Å². The summed E-state index contributed by atoms with van der Waals surface area (Å²) in [5.41, 5.74) is 3.82. The number of benzene rings is 2. The smallest absolute Gasteiger partial charge is 0.235 e. The van der Waals surface area contributed by atoms with Crippen LogP contribution in [0.5, 0.6) is 5.75 Å². The van der Waals surface area contributed by atoms with Gasteiger partial charge in [-0.25, -0.2) is 0 Å². The van der Waals surface area contributed by atoms with E-state index in [1.807, 2.05) is 56.3 Å². The highest BCUT2D eigenvalue weighted by molar-refractivity contribution is 5.96. The molecule has 1 aromatic heterocycles. The number of tetrazole rings is 1. The quantitative estimate of drug-likeness (QED) is 0.712. The van der Waals surface area contributed by atoms with E-state index >= 15 is 0 Å². The Hall–Kier alpha value is -3.22. The molecule has 0 aliphatic heterocycles. The van der Waals surface area contributed by atoms with Crippen LogP contribution in [0.4, 0.5) is 5.69 Å². The summed E-state index contributed by atoms with van der Waals surface area (Å²) in [6.07, 6.45) is 0.438. The molecule has 7 heteroatoms. The van der Waals surface area contributed by atoms with Gasteiger partial charge >= 0.3 is 0 Å². The first kappa shape index (κ1) is 17.6. The lowest BCUT2D eigenvalue weighted by Crippen LogP contribution is -2.24. The topological polar surface area (TPSA) is 92.8 Å². The summed E-state index contributed by atoms with van der Waals surface area (Å²) in [5, 5.41) is 17.1. The number of rotatable bonds is 6. The van der Waals surface area contributed by atoms with E-state index in [0.29, 0.717) is 12.2 Å². The Morgan fingerprint density at radius 1 is 1.23 bits per heavy atom. The zero-order chi connectivity index (χ0) is 18.5. The maximum Gasteiger partial charge on any atom is 0.235 e. The Morgan fingerprint density at radius 2 is 2.08 bits per heavy atom. The second-order valence-corrected chi connectivity index (χ2v) is 6.19. The molecule has 0 radical (unpaired) electrons. The molecule has 7 nitrogen and oxygen atoms in total.